The number of benzene rings is 1. The number of fused-ring (bicyclic) bond motifs is 1. The lowest BCUT2D eigenvalue weighted by Crippen LogP contribution is -1.98. The Kier molecular flexibility index (Phi) is 3.46. The molecule has 20 heavy (non-hydrogen) atoms. The fraction of sp³-hybridized carbons (Fsp3) is 0.125. The normalized spacial score (nSPS) is 10.4. The number of rotatable bonds is 4. The van der Waals surface area contributed by atoms with Gasteiger partial charge in [-0.1, -0.05) is 18.2 Å². The van der Waals surface area contributed by atoms with Gasteiger partial charge in [0.25, 0.3) is 0 Å². The number of pyridine rings is 2. The molecule has 0 unspecified atom stereocenters. The molecule has 1 aromatic carbocycles. The molecule has 2 aromatic heterocycles. The van der Waals surface area contributed by atoms with Crippen LogP contribution in [0.5, 0.6) is 11.5 Å². The van der Waals surface area contributed by atoms with Crippen LogP contribution in [0.15, 0.2) is 54.9 Å². The van der Waals surface area contributed by atoms with E-state index in [2.05, 4.69) is 15.3 Å². The maximum Gasteiger partial charge on any atom is 0.146 e. The lowest BCUT2D eigenvalue weighted by atomic mass is 10.2. The van der Waals surface area contributed by atoms with Gasteiger partial charge in [-0.2, -0.15) is 0 Å². The fourth-order valence-electron chi connectivity index (χ4n) is 2.00. The summed E-state index contributed by atoms with van der Waals surface area (Å²) in [5.74, 6) is 2.27. The highest BCUT2D eigenvalue weighted by Crippen LogP contribution is 2.24. The van der Waals surface area contributed by atoms with E-state index in [9.17, 15) is 0 Å². The highest BCUT2D eigenvalue weighted by molar-refractivity contribution is 5.79. The Bertz CT molecular complexity index is 727. The van der Waals surface area contributed by atoms with E-state index >= 15 is 0 Å². The summed E-state index contributed by atoms with van der Waals surface area (Å²) in [5.41, 5.74) is 0.961. The molecule has 0 aliphatic carbocycles. The van der Waals surface area contributed by atoms with Crippen molar-refractivity contribution in [3.63, 3.8) is 0 Å². The van der Waals surface area contributed by atoms with Crippen LogP contribution in [0.3, 0.4) is 0 Å². The fourth-order valence-corrected chi connectivity index (χ4v) is 2.00. The molecule has 0 amide bonds. The summed E-state index contributed by atoms with van der Waals surface area (Å²) < 4.78 is 5.83. The Morgan fingerprint density at radius 1 is 1.05 bits per heavy atom. The minimum atomic E-state index is 0.720. The number of nitrogens with zero attached hydrogens (tertiary/aromatic N) is 2. The van der Waals surface area contributed by atoms with Crippen LogP contribution in [-0.4, -0.2) is 16.5 Å². The number of hydrogen-bond acceptors (Lipinski definition) is 4. The van der Waals surface area contributed by atoms with Gasteiger partial charge in [-0.15, -0.1) is 0 Å². The highest BCUT2D eigenvalue weighted by Gasteiger charge is 2.02. The molecule has 0 saturated heterocycles. The van der Waals surface area contributed by atoms with Crippen LogP contribution >= 0.6 is 0 Å². The first-order valence-electron chi connectivity index (χ1n) is 6.58. The molecule has 0 radical (unpaired) electrons. The summed E-state index contributed by atoms with van der Waals surface area (Å²) in [4.78, 5) is 8.59. The Morgan fingerprint density at radius 3 is 2.85 bits per heavy atom. The van der Waals surface area contributed by atoms with Gasteiger partial charge in [0.2, 0.25) is 0 Å². The maximum atomic E-state index is 5.83. The predicted molar refractivity (Wildman–Crippen MR) is 80.2 cm³/mol. The Hall–Kier alpha value is -2.62. The van der Waals surface area contributed by atoms with Crippen LogP contribution in [0.1, 0.15) is 6.92 Å². The van der Waals surface area contributed by atoms with Crippen LogP contribution in [0.2, 0.25) is 0 Å². The van der Waals surface area contributed by atoms with E-state index in [1.807, 2.05) is 49.4 Å². The monoisotopic (exact) mass is 265 g/mol. The molecule has 0 aliphatic rings. The standard InChI is InChI=1S/C16H15N3O/c1-2-17-16-10-13(7-8-18-16)20-14-9-12-5-3-4-6-15(12)19-11-14/h3-11H,2H2,1H3,(H,17,18). The SMILES string of the molecule is CCNc1cc(Oc2cnc3ccccc3c2)ccn1. The van der Waals surface area contributed by atoms with E-state index in [1.54, 1.807) is 12.4 Å². The third-order valence-electron chi connectivity index (χ3n) is 2.89. The van der Waals surface area contributed by atoms with E-state index in [1.165, 1.54) is 0 Å². The summed E-state index contributed by atoms with van der Waals surface area (Å²) in [6.45, 7) is 2.86. The number of nitrogens with one attached hydrogen (secondary N) is 1. The topological polar surface area (TPSA) is 47.0 Å². The number of anilines is 1. The number of ether oxygens (including phenoxy) is 1. The van der Waals surface area contributed by atoms with Crippen molar-refractivity contribution in [3.8, 4) is 11.5 Å². The zero-order chi connectivity index (χ0) is 13.8. The van der Waals surface area contributed by atoms with Gasteiger partial charge in [-0.25, -0.2) is 4.98 Å². The molecule has 2 heterocycles. The zero-order valence-corrected chi connectivity index (χ0v) is 11.2. The van der Waals surface area contributed by atoms with Gasteiger partial charge in [0.05, 0.1) is 11.7 Å². The van der Waals surface area contributed by atoms with Crippen LogP contribution in [0, 0.1) is 0 Å². The minimum absolute atomic E-state index is 0.720. The van der Waals surface area contributed by atoms with Crippen molar-refractivity contribution >= 4 is 16.7 Å². The average Bonchev–Trinajstić information content (AvgIpc) is 2.48. The third kappa shape index (κ3) is 2.69. The maximum absolute atomic E-state index is 5.83. The molecule has 1 N–H and O–H groups in total. The third-order valence-corrected chi connectivity index (χ3v) is 2.89. The Labute approximate surface area is 117 Å². The second-order valence-corrected chi connectivity index (χ2v) is 4.37. The van der Waals surface area contributed by atoms with E-state index < -0.39 is 0 Å². The van der Waals surface area contributed by atoms with Crippen molar-refractivity contribution in [1.82, 2.24) is 9.97 Å². The molecule has 4 heteroatoms. The van der Waals surface area contributed by atoms with Gasteiger partial charge in [-0.05, 0) is 25.1 Å². The second-order valence-electron chi connectivity index (χ2n) is 4.37. The van der Waals surface area contributed by atoms with Gasteiger partial charge in [0.1, 0.15) is 17.3 Å². The van der Waals surface area contributed by atoms with Crippen molar-refractivity contribution < 1.29 is 4.74 Å². The first-order chi connectivity index (χ1) is 9.85. The lowest BCUT2D eigenvalue weighted by molar-refractivity contribution is 0.481. The van der Waals surface area contributed by atoms with E-state index in [4.69, 9.17) is 4.74 Å². The predicted octanol–water partition coefficient (Wildman–Crippen LogP) is 3.85. The van der Waals surface area contributed by atoms with Gasteiger partial charge in [0.15, 0.2) is 0 Å². The molecule has 0 fully saturated rings. The molecule has 0 atom stereocenters. The summed E-state index contributed by atoms with van der Waals surface area (Å²) >= 11 is 0. The smallest absolute Gasteiger partial charge is 0.146 e. The molecule has 0 aliphatic heterocycles. The molecule has 100 valence electrons. The molecule has 3 rings (SSSR count). The molecular formula is C16H15N3O. The van der Waals surface area contributed by atoms with E-state index in [-0.39, 0.29) is 0 Å². The highest BCUT2D eigenvalue weighted by atomic mass is 16.5. The largest absolute Gasteiger partial charge is 0.456 e. The second kappa shape index (κ2) is 5.57. The van der Waals surface area contributed by atoms with Gasteiger partial charge in [0, 0.05) is 24.2 Å². The van der Waals surface area contributed by atoms with Crippen molar-refractivity contribution in [2.45, 2.75) is 6.92 Å². The van der Waals surface area contributed by atoms with Crippen molar-refractivity contribution in [1.29, 1.82) is 0 Å². The van der Waals surface area contributed by atoms with Crippen molar-refractivity contribution in [3.05, 3.63) is 54.9 Å². The van der Waals surface area contributed by atoms with Crippen LogP contribution in [-0.2, 0) is 0 Å². The lowest BCUT2D eigenvalue weighted by Gasteiger charge is -2.08. The summed E-state index contributed by atoms with van der Waals surface area (Å²) in [7, 11) is 0. The molecular weight excluding hydrogens is 250 g/mol. The van der Waals surface area contributed by atoms with Gasteiger partial charge >= 0.3 is 0 Å². The zero-order valence-electron chi connectivity index (χ0n) is 11.2. The Morgan fingerprint density at radius 2 is 1.95 bits per heavy atom. The van der Waals surface area contributed by atoms with E-state index in [0.717, 1.165) is 34.8 Å². The number of aromatic nitrogens is 2. The summed E-state index contributed by atoms with van der Waals surface area (Å²) in [6.07, 6.45) is 3.46. The first kappa shape index (κ1) is 12.4. The molecule has 0 spiro atoms. The van der Waals surface area contributed by atoms with Gasteiger partial charge in [-0.3, -0.25) is 4.98 Å². The Balaban J connectivity index is 1.87. The van der Waals surface area contributed by atoms with Gasteiger partial charge < -0.3 is 10.1 Å². The molecule has 3 aromatic rings. The van der Waals surface area contributed by atoms with Crippen LogP contribution in [0.25, 0.3) is 10.9 Å². The summed E-state index contributed by atoms with van der Waals surface area (Å²) in [6, 6.07) is 13.6. The number of hydrogen-bond donors (Lipinski definition) is 1. The average molecular weight is 265 g/mol. The van der Waals surface area contributed by atoms with Crippen LogP contribution in [0.4, 0.5) is 5.82 Å². The first-order valence-corrected chi connectivity index (χ1v) is 6.58. The molecule has 0 saturated carbocycles. The number of para-hydroxylation sites is 1. The minimum Gasteiger partial charge on any atom is -0.456 e. The van der Waals surface area contributed by atoms with Crippen molar-refractivity contribution in [2.75, 3.05) is 11.9 Å². The van der Waals surface area contributed by atoms with E-state index in [0.29, 0.717) is 0 Å². The molecule has 4 nitrogen and oxygen atoms in total. The molecule has 0 bridgehead atoms. The van der Waals surface area contributed by atoms with Crippen molar-refractivity contribution in [2.24, 2.45) is 0 Å². The summed E-state index contributed by atoms with van der Waals surface area (Å²) in [5, 5.41) is 4.22. The quantitative estimate of drug-likeness (QED) is 0.778. The van der Waals surface area contributed by atoms with Crippen LogP contribution < -0.4 is 10.1 Å².